The number of carbonyl (C=O) groups is 2. The van der Waals surface area contributed by atoms with E-state index in [0.29, 0.717) is 16.9 Å². The summed E-state index contributed by atoms with van der Waals surface area (Å²) in [7, 11) is 0. The van der Waals surface area contributed by atoms with Crippen molar-refractivity contribution in [1.29, 1.82) is 0 Å². The Morgan fingerprint density at radius 3 is 1.88 bits per heavy atom. The molecule has 0 radical (unpaired) electrons. The summed E-state index contributed by atoms with van der Waals surface area (Å²) in [5, 5.41) is 0. The molecule has 0 N–H and O–H groups in total. The molecule has 0 saturated carbocycles. The highest BCUT2D eigenvalue weighted by Crippen LogP contribution is 2.23. The van der Waals surface area contributed by atoms with Crippen LogP contribution >= 0.6 is 0 Å². The second kappa shape index (κ2) is 8.62. The normalized spacial score (nSPS) is 11.4. The number of ketones is 1. The Labute approximate surface area is 152 Å². The second-order valence-electron chi connectivity index (χ2n) is 5.61. The van der Waals surface area contributed by atoms with Crippen LogP contribution in [-0.4, -0.2) is 18.4 Å². The smallest absolute Gasteiger partial charge is 0.345 e. The number of benzene rings is 3. The second-order valence-corrected chi connectivity index (χ2v) is 5.61. The minimum atomic E-state index is -1.01. The van der Waals surface area contributed by atoms with Crippen LogP contribution in [0.3, 0.4) is 0 Å². The summed E-state index contributed by atoms with van der Waals surface area (Å²) in [5.41, 5.74) is 1.10. The molecular weight excluding hydrogens is 328 g/mol. The van der Waals surface area contributed by atoms with Gasteiger partial charge >= 0.3 is 5.97 Å². The summed E-state index contributed by atoms with van der Waals surface area (Å²) in [6, 6.07) is 26.7. The molecule has 0 aromatic heterocycles. The molecule has 0 amide bonds. The average Bonchev–Trinajstić information content (AvgIpc) is 2.72. The Bertz CT molecular complexity index is 845. The van der Waals surface area contributed by atoms with Crippen molar-refractivity contribution in [2.24, 2.45) is 0 Å². The lowest BCUT2D eigenvalue weighted by atomic mass is 10.00. The maximum absolute atomic E-state index is 12.8. The van der Waals surface area contributed by atoms with Crippen molar-refractivity contribution < 1.29 is 19.1 Å². The molecule has 3 aromatic carbocycles. The van der Waals surface area contributed by atoms with Crippen LogP contribution in [0.2, 0.25) is 0 Å². The van der Waals surface area contributed by atoms with Crippen LogP contribution in [0.1, 0.15) is 22.0 Å². The van der Waals surface area contributed by atoms with Crippen molar-refractivity contribution in [1.82, 2.24) is 0 Å². The van der Waals surface area contributed by atoms with E-state index in [9.17, 15) is 9.59 Å². The molecule has 0 saturated heterocycles. The number of rotatable bonds is 7. The fourth-order valence-electron chi connectivity index (χ4n) is 2.48. The fraction of sp³-hybridized carbons (Fsp3) is 0.0909. The quantitative estimate of drug-likeness (QED) is 0.474. The van der Waals surface area contributed by atoms with E-state index in [2.05, 4.69) is 0 Å². The topological polar surface area (TPSA) is 52.6 Å². The number of hydrogen-bond donors (Lipinski definition) is 0. The van der Waals surface area contributed by atoms with Gasteiger partial charge < -0.3 is 9.47 Å². The minimum absolute atomic E-state index is 0.268. The molecule has 0 heterocycles. The average molecular weight is 346 g/mol. The summed E-state index contributed by atoms with van der Waals surface area (Å²) in [4.78, 5) is 25.1. The van der Waals surface area contributed by atoms with E-state index in [0.717, 1.165) is 0 Å². The van der Waals surface area contributed by atoms with Gasteiger partial charge in [-0.3, -0.25) is 4.79 Å². The summed E-state index contributed by atoms with van der Waals surface area (Å²) < 4.78 is 10.9. The lowest BCUT2D eigenvalue weighted by Gasteiger charge is -2.17. The van der Waals surface area contributed by atoms with E-state index >= 15 is 0 Å². The highest BCUT2D eigenvalue weighted by atomic mass is 16.6. The molecule has 3 aromatic rings. The van der Waals surface area contributed by atoms with Gasteiger partial charge in [-0.15, -0.1) is 0 Å². The van der Waals surface area contributed by atoms with Crippen LogP contribution in [0.15, 0.2) is 91.0 Å². The SMILES string of the molecule is O=C(COc1ccccc1)O[C@H](C(=O)c1ccccc1)c1ccccc1. The van der Waals surface area contributed by atoms with Crippen molar-refractivity contribution in [3.05, 3.63) is 102 Å². The third-order valence-corrected chi connectivity index (χ3v) is 3.75. The molecular formula is C22H18O4. The zero-order valence-electron chi connectivity index (χ0n) is 14.1. The van der Waals surface area contributed by atoms with Crippen molar-refractivity contribution in [3.8, 4) is 5.75 Å². The van der Waals surface area contributed by atoms with Gasteiger partial charge in [0.25, 0.3) is 0 Å². The summed E-state index contributed by atoms with van der Waals surface area (Å²) in [5.74, 6) is -0.313. The van der Waals surface area contributed by atoms with E-state index < -0.39 is 12.1 Å². The molecule has 0 bridgehead atoms. The van der Waals surface area contributed by atoms with Crippen LogP contribution in [0, 0.1) is 0 Å². The molecule has 26 heavy (non-hydrogen) atoms. The molecule has 0 aliphatic rings. The van der Waals surface area contributed by atoms with Gasteiger partial charge in [-0.25, -0.2) is 4.79 Å². The highest BCUT2D eigenvalue weighted by molar-refractivity contribution is 6.01. The molecule has 1 atom stereocenters. The lowest BCUT2D eigenvalue weighted by molar-refractivity contribution is -0.149. The van der Waals surface area contributed by atoms with Crippen LogP contribution in [0.5, 0.6) is 5.75 Å². The molecule has 3 rings (SSSR count). The van der Waals surface area contributed by atoms with Crippen LogP contribution in [0.25, 0.3) is 0 Å². The van der Waals surface area contributed by atoms with Crippen LogP contribution < -0.4 is 4.74 Å². The third-order valence-electron chi connectivity index (χ3n) is 3.75. The van der Waals surface area contributed by atoms with E-state index in [4.69, 9.17) is 9.47 Å². The van der Waals surface area contributed by atoms with Gasteiger partial charge in [0.1, 0.15) is 5.75 Å². The first kappa shape index (κ1) is 17.4. The number of carbonyl (C=O) groups excluding carboxylic acids is 2. The first-order valence-corrected chi connectivity index (χ1v) is 8.25. The molecule has 0 unspecified atom stereocenters. The predicted molar refractivity (Wildman–Crippen MR) is 98.0 cm³/mol. The monoisotopic (exact) mass is 346 g/mol. The van der Waals surface area contributed by atoms with Crippen molar-refractivity contribution >= 4 is 11.8 Å². The summed E-state index contributed by atoms with van der Waals surface area (Å²) in [6.45, 7) is -0.268. The Balaban J connectivity index is 1.73. The summed E-state index contributed by atoms with van der Waals surface area (Å²) in [6.07, 6.45) is -1.01. The van der Waals surface area contributed by atoms with E-state index in [1.807, 2.05) is 30.3 Å². The minimum Gasteiger partial charge on any atom is -0.482 e. The zero-order chi connectivity index (χ0) is 18.2. The standard InChI is InChI=1S/C22H18O4/c23-20(16-25-19-14-8-3-9-15-19)26-22(18-12-6-2-7-13-18)21(24)17-10-4-1-5-11-17/h1-15,22H,16H2/t22-/m0/s1. The molecule has 0 aliphatic carbocycles. The van der Waals surface area contributed by atoms with Gasteiger partial charge in [-0.2, -0.15) is 0 Å². The first-order valence-electron chi connectivity index (χ1n) is 8.25. The fourth-order valence-corrected chi connectivity index (χ4v) is 2.48. The lowest BCUT2D eigenvalue weighted by Crippen LogP contribution is -2.23. The van der Waals surface area contributed by atoms with E-state index in [-0.39, 0.29) is 12.4 Å². The molecule has 4 heteroatoms. The number of para-hydroxylation sites is 1. The van der Waals surface area contributed by atoms with E-state index in [1.165, 1.54) is 0 Å². The number of ether oxygens (including phenoxy) is 2. The molecule has 0 spiro atoms. The zero-order valence-corrected chi connectivity index (χ0v) is 14.1. The van der Waals surface area contributed by atoms with Gasteiger partial charge in [-0.1, -0.05) is 78.9 Å². The van der Waals surface area contributed by atoms with Crippen molar-refractivity contribution in [2.75, 3.05) is 6.61 Å². The Morgan fingerprint density at radius 1 is 0.731 bits per heavy atom. The van der Waals surface area contributed by atoms with Crippen LogP contribution in [-0.2, 0) is 9.53 Å². The van der Waals surface area contributed by atoms with Gasteiger partial charge in [0.2, 0.25) is 5.78 Å². The predicted octanol–water partition coefficient (Wildman–Crippen LogP) is 4.23. The number of hydrogen-bond acceptors (Lipinski definition) is 4. The van der Waals surface area contributed by atoms with Gasteiger partial charge in [0.05, 0.1) is 0 Å². The molecule has 4 nitrogen and oxygen atoms in total. The van der Waals surface area contributed by atoms with Gasteiger partial charge in [-0.05, 0) is 12.1 Å². The molecule has 130 valence electrons. The van der Waals surface area contributed by atoms with Gasteiger partial charge in [0.15, 0.2) is 12.7 Å². The number of esters is 1. The largest absolute Gasteiger partial charge is 0.482 e. The Morgan fingerprint density at radius 2 is 1.27 bits per heavy atom. The highest BCUT2D eigenvalue weighted by Gasteiger charge is 2.26. The van der Waals surface area contributed by atoms with E-state index in [1.54, 1.807) is 60.7 Å². The third kappa shape index (κ3) is 4.57. The van der Waals surface area contributed by atoms with Crippen molar-refractivity contribution in [2.45, 2.75) is 6.10 Å². The molecule has 0 fully saturated rings. The molecule has 0 aliphatic heterocycles. The number of Topliss-reactive ketones (excluding diaryl/α,β-unsaturated/α-hetero) is 1. The Kier molecular flexibility index (Phi) is 5.78. The summed E-state index contributed by atoms with van der Waals surface area (Å²) >= 11 is 0. The van der Waals surface area contributed by atoms with Gasteiger partial charge in [0, 0.05) is 11.1 Å². The van der Waals surface area contributed by atoms with Crippen molar-refractivity contribution in [3.63, 3.8) is 0 Å². The maximum Gasteiger partial charge on any atom is 0.345 e. The Hall–Kier alpha value is -3.40. The maximum atomic E-state index is 12.8. The van der Waals surface area contributed by atoms with Crippen LogP contribution in [0.4, 0.5) is 0 Å². The first-order chi connectivity index (χ1) is 12.7.